The average Bonchev–Trinajstić information content (AvgIpc) is 3.79. The molecule has 0 saturated carbocycles. The number of aromatic nitrogens is 2. The van der Waals surface area contributed by atoms with Crippen LogP contribution in [-0.4, -0.2) is 37.6 Å². The molecule has 15 heteroatoms. The molecule has 8 rings (SSSR count). The molecule has 0 bridgehead atoms. The standard InChI is InChI=1S/C38H30N4O8S2.Na.3H2/c1-5-11-38(52(46,47)48)42-31-21-35-27(25-13-8-10-15-33(25)50-35)19-29(31)40(4)37(42)17-23(6-2)16-36-39(3)28-18-26-24-12-7-9-14-32(24)49-34(26)20-30(28)41(36)22-51(43,44)45;;;;/h7-10,12-21H,1,6,22H2,2-4H3,(H-,43,44,45,46,47,48);;3*1H/q;+1;;;/p-1. The third kappa shape index (κ3) is 6.14. The number of aryl methyl sites for hydroxylation is 1. The monoisotopic (exact) mass is 762 g/mol. The van der Waals surface area contributed by atoms with Crippen molar-refractivity contribution in [3.05, 3.63) is 119 Å². The zero-order valence-corrected chi connectivity index (χ0v) is 32.7. The van der Waals surface area contributed by atoms with E-state index in [1.807, 2.05) is 67.6 Å². The van der Waals surface area contributed by atoms with Crippen LogP contribution in [0.2, 0.25) is 0 Å². The van der Waals surface area contributed by atoms with E-state index in [2.05, 4.69) is 18.0 Å². The van der Waals surface area contributed by atoms with Gasteiger partial charge in [0.15, 0.2) is 21.9 Å². The first-order valence-electron chi connectivity index (χ1n) is 16.1. The van der Waals surface area contributed by atoms with Crippen LogP contribution in [0.3, 0.4) is 0 Å². The molecule has 3 aromatic heterocycles. The van der Waals surface area contributed by atoms with Gasteiger partial charge < -0.3 is 22.8 Å². The number of nitrogens with zero attached hydrogens (tertiary/aromatic N) is 4. The Balaban J connectivity index is 0.00000174. The molecule has 1 aliphatic heterocycles. The van der Waals surface area contributed by atoms with Crippen molar-refractivity contribution in [2.75, 3.05) is 16.8 Å². The third-order valence-electron chi connectivity index (χ3n) is 9.35. The Morgan fingerprint density at radius 2 is 1.49 bits per heavy atom. The second-order valence-corrected chi connectivity index (χ2v) is 15.1. The van der Waals surface area contributed by atoms with E-state index in [9.17, 15) is 25.9 Å². The maximum Gasteiger partial charge on any atom is 1.00 e. The van der Waals surface area contributed by atoms with Gasteiger partial charge in [0, 0.05) is 57.1 Å². The molecule has 0 saturated heterocycles. The Hall–Kier alpha value is -4.85. The van der Waals surface area contributed by atoms with Gasteiger partial charge in [0.1, 0.15) is 48.4 Å². The van der Waals surface area contributed by atoms with E-state index in [-0.39, 0.29) is 39.7 Å². The van der Waals surface area contributed by atoms with Crippen molar-refractivity contribution in [1.82, 2.24) is 4.57 Å². The summed E-state index contributed by atoms with van der Waals surface area (Å²) in [4.78, 5) is 3.01. The number of imidazole rings is 1. The minimum absolute atomic E-state index is 0. The van der Waals surface area contributed by atoms with Crippen LogP contribution in [0.25, 0.3) is 61.0 Å². The molecule has 0 amide bonds. The van der Waals surface area contributed by atoms with Gasteiger partial charge >= 0.3 is 29.6 Å². The number of anilines is 2. The van der Waals surface area contributed by atoms with Gasteiger partial charge in [-0.2, -0.15) is 0 Å². The van der Waals surface area contributed by atoms with Gasteiger partial charge in [-0.05, 0) is 48.6 Å². The molecule has 4 aromatic carbocycles. The zero-order chi connectivity index (χ0) is 36.7. The number of hydrogen-bond acceptors (Lipinski definition) is 10. The first-order chi connectivity index (χ1) is 24.8. The van der Waals surface area contributed by atoms with Crippen LogP contribution in [0.5, 0.6) is 0 Å². The number of fused-ring (bicyclic) bond motifs is 8. The fourth-order valence-corrected chi connectivity index (χ4v) is 8.18. The van der Waals surface area contributed by atoms with E-state index in [1.165, 1.54) is 9.47 Å². The van der Waals surface area contributed by atoms with Gasteiger partial charge in [-0.15, -0.1) is 0 Å². The predicted octanol–water partition coefficient (Wildman–Crippen LogP) is 4.43. The van der Waals surface area contributed by atoms with E-state index < -0.39 is 31.1 Å². The molecule has 0 atom stereocenters. The van der Waals surface area contributed by atoms with Crippen molar-refractivity contribution < 1.29 is 73.2 Å². The molecule has 268 valence electrons. The van der Waals surface area contributed by atoms with Gasteiger partial charge in [-0.25, -0.2) is 26.0 Å². The first kappa shape index (κ1) is 36.5. The van der Waals surface area contributed by atoms with Crippen LogP contribution in [0.4, 0.5) is 11.4 Å². The molecule has 4 heterocycles. The summed E-state index contributed by atoms with van der Waals surface area (Å²) in [5.74, 6) is -0.194. The minimum Gasteiger partial charge on any atom is -0.745 e. The fraction of sp³-hybridized carbons (Fsp3) is 0.132. The second-order valence-electron chi connectivity index (χ2n) is 12.4. The summed E-state index contributed by atoms with van der Waals surface area (Å²) in [6.45, 7) is 5.33. The van der Waals surface area contributed by atoms with Crippen molar-refractivity contribution in [3.63, 3.8) is 0 Å². The number of rotatable bonds is 7. The molecule has 0 N–H and O–H groups in total. The maximum absolute atomic E-state index is 12.8. The molecular formula is C38H35N4NaO8S2. The molecule has 7 aromatic rings. The Bertz CT molecular complexity index is 3090. The van der Waals surface area contributed by atoms with Gasteiger partial charge in [0.2, 0.25) is 0 Å². The van der Waals surface area contributed by atoms with Crippen LogP contribution < -0.4 is 43.9 Å². The quantitative estimate of drug-likeness (QED) is 0.0986. The molecule has 0 aliphatic carbocycles. The Morgan fingerprint density at radius 1 is 0.887 bits per heavy atom. The van der Waals surface area contributed by atoms with Crippen molar-refractivity contribution >= 4 is 92.6 Å². The maximum atomic E-state index is 12.8. The topological polar surface area (TPSA) is 156 Å². The van der Waals surface area contributed by atoms with Crippen molar-refractivity contribution in [2.24, 2.45) is 7.05 Å². The summed E-state index contributed by atoms with van der Waals surface area (Å²) < 4.78 is 90.5. The average molecular weight is 763 g/mol. The van der Waals surface area contributed by atoms with Gasteiger partial charge in [0.25, 0.3) is 5.82 Å². The van der Waals surface area contributed by atoms with E-state index in [0.717, 1.165) is 21.5 Å². The Labute approximate surface area is 330 Å². The molecule has 53 heavy (non-hydrogen) atoms. The van der Waals surface area contributed by atoms with Crippen LogP contribution in [-0.2, 0) is 33.2 Å². The summed E-state index contributed by atoms with van der Waals surface area (Å²) >= 11 is 0. The van der Waals surface area contributed by atoms with Gasteiger partial charge in [0.05, 0.1) is 18.4 Å². The van der Waals surface area contributed by atoms with E-state index in [0.29, 0.717) is 62.6 Å². The second kappa shape index (κ2) is 13.2. The van der Waals surface area contributed by atoms with E-state index in [1.54, 1.807) is 47.8 Å². The van der Waals surface area contributed by atoms with Crippen LogP contribution >= 0.6 is 0 Å². The van der Waals surface area contributed by atoms with Gasteiger partial charge in [-0.1, -0.05) is 49.1 Å². The smallest absolute Gasteiger partial charge is 0.745 e. The molecule has 0 spiro atoms. The largest absolute Gasteiger partial charge is 1.00 e. The molecule has 0 radical (unpaired) electrons. The predicted molar refractivity (Wildman–Crippen MR) is 203 cm³/mol. The summed E-state index contributed by atoms with van der Waals surface area (Å²) in [7, 11) is -6.39. The molecule has 0 fully saturated rings. The number of benzene rings is 4. The molecular weight excluding hydrogens is 728 g/mol. The summed E-state index contributed by atoms with van der Waals surface area (Å²) in [5, 5.41) is 2.63. The van der Waals surface area contributed by atoms with E-state index in [4.69, 9.17) is 8.83 Å². The number of furan rings is 2. The Kier molecular flexibility index (Phi) is 9.11. The molecule has 1 aliphatic rings. The van der Waals surface area contributed by atoms with Crippen molar-refractivity contribution in [1.29, 1.82) is 0 Å². The Morgan fingerprint density at radius 3 is 2.08 bits per heavy atom. The number of para-hydroxylation sites is 2. The van der Waals surface area contributed by atoms with Crippen molar-refractivity contribution in [2.45, 2.75) is 19.2 Å². The summed E-state index contributed by atoms with van der Waals surface area (Å²) in [6.07, 6.45) is 3.81. The third-order valence-corrected chi connectivity index (χ3v) is 10.7. The van der Waals surface area contributed by atoms with Crippen molar-refractivity contribution in [3.8, 4) is 0 Å². The van der Waals surface area contributed by atoms with Gasteiger partial charge in [-0.3, -0.25) is 4.90 Å². The minimum atomic E-state index is -5.13. The number of hydrogen-bond donors (Lipinski definition) is 0. The van der Waals surface area contributed by atoms with E-state index >= 15 is 0 Å². The zero-order valence-electron chi connectivity index (χ0n) is 29.1. The SMILES string of the molecule is C=C=C=C(N1C(=CC(=Cc2n(CS(=O)(=O)[O-])c3cc4oc5ccccc5c4cc3[n+]2C)CC)N(C)c2cc3c(cc21)oc1ccccc13)S(=O)(=O)[O-].[HH].[HH].[HH].[Na+]. The number of allylic oxidation sites excluding steroid dienone is 2. The summed E-state index contributed by atoms with van der Waals surface area (Å²) in [5.41, 5.74) is 9.68. The van der Waals surface area contributed by atoms with Crippen LogP contribution in [0.15, 0.2) is 122 Å². The fourth-order valence-electron chi connectivity index (χ4n) is 6.98. The normalized spacial score (nSPS) is 14.4. The molecule has 12 nitrogen and oxygen atoms in total. The first-order valence-corrected chi connectivity index (χ1v) is 19.1. The van der Waals surface area contributed by atoms with Crippen LogP contribution in [0.1, 0.15) is 23.4 Å². The summed E-state index contributed by atoms with van der Waals surface area (Å²) in [6, 6.07) is 22.2. The molecule has 0 unspecified atom stereocenters. The van der Waals surface area contributed by atoms with Crippen LogP contribution in [0, 0.1) is 0 Å².